The predicted octanol–water partition coefficient (Wildman–Crippen LogP) is 13.1. The smallest absolute Gasteiger partial charge is 0.124 e. The summed E-state index contributed by atoms with van der Waals surface area (Å²) in [6, 6.07) is 59.9. The van der Waals surface area contributed by atoms with Crippen molar-refractivity contribution in [2.45, 2.75) is 0 Å². The average Bonchev–Trinajstić information content (AvgIpc) is 3.59. The summed E-state index contributed by atoms with van der Waals surface area (Å²) < 4.78 is 1.22. The van der Waals surface area contributed by atoms with Gasteiger partial charge in [0, 0.05) is 5.56 Å². The lowest BCUT2D eigenvalue weighted by molar-refractivity contribution is 1.48. The van der Waals surface area contributed by atoms with E-state index >= 15 is 0 Å². The lowest BCUT2D eigenvalue weighted by Gasteiger charge is -2.18. The van der Waals surface area contributed by atoms with E-state index in [1.54, 1.807) is 11.3 Å². The molecular formula is C45H27NS. The fourth-order valence-corrected chi connectivity index (χ4v) is 8.43. The Morgan fingerprint density at radius 3 is 1.36 bits per heavy atom. The van der Waals surface area contributed by atoms with Crippen molar-refractivity contribution in [2.75, 3.05) is 0 Å². The van der Waals surface area contributed by atoms with Crippen LogP contribution in [0.25, 0.3) is 96.9 Å². The Kier molecular flexibility index (Phi) is 5.81. The number of nitrogens with zero attached hydrogens (tertiary/aromatic N) is 1. The molecule has 0 unspecified atom stereocenters. The number of thiazole rings is 1. The van der Waals surface area contributed by atoms with Gasteiger partial charge in [0.05, 0.1) is 10.2 Å². The van der Waals surface area contributed by atoms with E-state index < -0.39 is 0 Å². The molecule has 1 heterocycles. The highest BCUT2D eigenvalue weighted by Crippen LogP contribution is 2.45. The van der Waals surface area contributed by atoms with Crippen LogP contribution in [0, 0.1) is 0 Å². The summed E-state index contributed by atoms with van der Waals surface area (Å²) in [5, 5.41) is 14.0. The number of hydrogen-bond acceptors (Lipinski definition) is 2. The zero-order valence-electron chi connectivity index (χ0n) is 25.4. The molecule has 0 saturated heterocycles. The predicted molar refractivity (Wildman–Crippen MR) is 203 cm³/mol. The monoisotopic (exact) mass is 613 g/mol. The normalized spacial score (nSPS) is 11.8. The molecule has 10 rings (SSSR count). The fraction of sp³-hybridized carbons (Fsp3) is 0. The van der Waals surface area contributed by atoms with E-state index in [2.05, 4.69) is 164 Å². The molecule has 47 heavy (non-hydrogen) atoms. The van der Waals surface area contributed by atoms with Crippen LogP contribution < -0.4 is 0 Å². The van der Waals surface area contributed by atoms with E-state index in [0.717, 1.165) is 16.1 Å². The van der Waals surface area contributed by atoms with Gasteiger partial charge in [0.15, 0.2) is 0 Å². The minimum atomic E-state index is 1.06. The van der Waals surface area contributed by atoms with E-state index in [0.29, 0.717) is 0 Å². The molecule has 0 atom stereocenters. The third kappa shape index (κ3) is 4.12. The summed E-state index contributed by atoms with van der Waals surface area (Å²) in [7, 11) is 0. The quantitative estimate of drug-likeness (QED) is 0.181. The molecular weight excluding hydrogens is 587 g/mol. The molecule has 0 N–H and O–H groups in total. The van der Waals surface area contributed by atoms with E-state index in [9.17, 15) is 0 Å². The number of fused-ring (bicyclic) bond motifs is 12. The molecule has 0 saturated carbocycles. The zero-order valence-corrected chi connectivity index (χ0v) is 26.3. The van der Waals surface area contributed by atoms with Crippen LogP contribution in [0.3, 0.4) is 0 Å². The molecule has 0 aliphatic heterocycles. The standard InChI is InChI=1S/C45H27NS/c1-2-10-28(11-3-1)31-22-24-35-36-25-23-32(29-18-20-30(21-19-29)45-46-41-16-8-9-17-42(41)47-45)27-40(36)44-38-15-7-5-13-34(38)33-12-4-6-14-37(33)43(44)39(35)26-31/h1-27H. The van der Waals surface area contributed by atoms with E-state index in [4.69, 9.17) is 4.98 Å². The summed E-state index contributed by atoms with van der Waals surface area (Å²) in [6.07, 6.45) is 0. The molecule has 9 aromatic carbocycles. The first-order valence-corrected chi connectivity index (χ1v) is 16.9. The molecule has 1 nitrogen and oxygen atoms in total. The molecule has 0 bridgehead atoms. The van der Waals surface area contributed by atoms with E-state index in [-0.39, 0.29) is 0 Å². The first kappa shape index (κ1) is 26.4. The van der Waals surface area contributed by atoms with Crippen molar-refractivity contribution >= 4 is 75.4 Å². The van der Waals surface area contributed by atoms with Gasteiger partial charge in [-0.1, -0.05) is 140 Å². The van der Waals surface area contributed by atoms with Gasteiger partial charge in [0.1, 0.15) is 5.01 Å². The molecule has 2 heteroatoms. The van der Waals surface area contributed by atoms with E-state index in [1.807, 2.05) is 0 Å². The van der Waals surface area contributed by atoms with Crippen LogP contribution in [0.1, 0.15) is 0 Å². The molecule has 0 fully saturated rings. The van der Waals surface area contributed by atoms with Crippen molar-refractivity contribution in [3.8, 4) is 32.8 Å². The van der Waals surface area contributed by atoms with Crippen molar-refractivity contribution in [1.82, 2.24) is 4.98 Å². The highest BCUT2D eigenvalue weighted by atomic mass is 32.1. The van der Waals surface area contributed by atoms with Gasteiger partial charge in [-0.25, -0.2) is 4.98 Å². The first-order chi connectivity index (χ1) is 23.3. The summed E-state index contributed by atoms with van der Waals surface area (Å²) in [5.41, 5.74) is 7.10. The third-order valence-electron chi connectivity index (χ3n) is 9.67. The molecule has 218 valence electrons. The third-order valence-corrected chi connectivity index (χ3v) is 10.8. The maximum absolute atomic E-state index is 4.89. The Labute approximate surface area is 276 Å². The van der Waals surface area contributed by atoms with Crippen LogP contribution in [0.2, 0.25) is 0 Å². The second-order valence-corrected chi connectivity index (χ2v) is 13.3. The Morgan fingerprint density at radius 1 is 0.319 bits per heavy atom. The minimum Gasteiger partial charge on any atom is -0.236 e. The number of hydrogen-bond donors (Lipinski definition) is 0. The highest BCUT2D eigenvalue weighted by Gasteiger charge is 2.17. The van der Waals surface area contributed by atoms with E-state index in [1.165, 1.54) is 80.8 Å². The summed E-state index contributed by atoms with van der Waals surface area (Å²) in [4.78, 5) is 4.89. The van der Waals surface area contributed by atoms with Crippen molar-refractivity contribution < 1.29 is 0 Å². The van der Waals surface area contributed by atoms with Gasteiger partial charge in [-0.2, -0.15) is 0 Å². The Morgan fingerprint density at radius 2 is 0.766 bits per heavy atom. The molecule has 0 aliphatic carbocycles. The average molecular weight is 614 g/mol. The summed E-state index contributed by atoms with van der Waals surface area (Å²) in [5.74, 6) is 0. The van der Waals surface area contributed by atoms with Crippen molar-refractivity contribution in [2.24, 2.45) is 0 Å². The Hall–Kier alpha value is -5.83. The summed E-state index contributed by atoms with van der Waals surface area (Å²) in [6.45, 7) is 0. The van der Waals surface area contributed by atoms with Crippen molar-refractivity contribution in [1.29, 1.82) is 0 Å². The van der Waals surface area contributed by atoms with Crippen LogP contribution in [0.4, 0.5) is 0 Å². The van der Waals surface area contributed by atoms with Gasteiger partial charge in [0.2, 0.25) is 0 Å². The maximum atomic E-state index is 4.89. The zero-order chi connectivity index (χ0) is 30.9. The van der Waals surface area contributed by atoms with Gasteiger partial charge in [0.25, 0.3) is 0 Å². The van der Waals surface area contributed by atoms with Crippen LogP contribution in [0.15, 0.2) is 164 Å². The van der Waals surface area contributed by atoms with Crippen LogP contribution in [-0.4, -0.2) is 4.98 Å². The molecule has 0 spiro atoms. The van der Waals surface area contributed by atoms with Gasteiger partial charge in [-0.05, 0) is 100 Å². The fourth-order valence-electron chi connectivity index (χ4n) is 7.46. The second kappa shape index (κ2) is 10.3. The molecule has 10 aromatic rings. The number of benzene rings is 9. The number of para-hydroxylation sites is 1. The maximum Gasteiger partial charge on any atom is 0.124 e. The minimum absolute atomic E-state index is 1.06. The Balaban J connectivity index is 1.25. The van der Waals surface area contributed by atoms with Gasteiger partial charge < -0.3 is 0 Å². The number of aromatic nitrogens is 1. The number of rotatable bonds is 3. The Bertz CT molecular complexity index is 2790. The van der Waals surface area contributed by atoms with Crippen molar-refractivity contribution in [3.63, 3.8) is 0 Å². The SMILES string of the molecule is c1ccc(-c2ccc3c4ccc(-c5ccc(-c6nc7ccccc7s6)cc5)cc4c4c5ccccc5c5ccccc5c4c3c2)cc1. The van der Waals surface area contributed by atoms with Crippen LogP contribution in [-0.2, 0) is 0 Å². The first-order valence-electron chi connectivity index (χ1n) is 16.0. The van der Waals surface area contributed by atoms with Gasteiger partial charge >= 0.3 is 0 Å². The molecule has 1 aromatic heterocycles. The second-order valence-electron chi connectivity index (χ2n) is 12.3. The molecule has 0 radical (unpaired) electrons. The largest absolute Gasteiger partial charge is 0.236 e. The van der Waals surface area contributed by atoms with Crippen LogP contribution >= 0.6 is 11.3 Å². The molecule has 0 aliphatic rings. The molecule has 0 amide bonds. The lowest BCUT2D eigenvalue weighted by atomic mass is 9.85. The van der Waals surface area contributed by atoms with Crippen molar-refractivity contribution in [3.05, 3.63) is 164 Å². The van der Waals surface area contributed by atoms with Crippen LogP contribution in [0.5, 0.6) is 0 Å². The summed E-state index contributed by atoms with van der Waals surface area (Å²) >= 11 is 1.75. The van der Waals surface area contributed by atoms with Gasteiger partial charge in [-0.15, -0.1) is 11.3 Å². The topological polar surface area (TPSA) is 12.9 Å². The lowest BCUT2D eigenvalue weighted by Crippen LogP contribution is -1.90. The van der Waals surface area contributed by atoms with Gasteiger partial charge in [-0.3, -0.25) is 0 Å². The highest BCUT2D eigenvalue weighted by molar-refractivity contribution is 7.21.